The molecule has 6 heteroatoms. The van der Waals surface area contributed by atoms with Crippen LogP contribution in [0.3, 0.4) is 0 Å². The summed E-state index contributed by atoms with van der Waals surface area (Å²) in [6.45, 7) is 0.388. The molecule has 0 aliphatic carbocycles. The topological polar surface area (TPSA) is 70.1 Å². The van der Waals surface area contributed by atoms with Crippen LogP contribution >= 0.6 is 15.9 Å². The number of aromatic nitrogens is 2. The summed E-state index contributed by atoms with van der Waals surface area (Å²) in [6, 6.07) is 22.5. The number of nitrogens with two attached hydrogens (primary N) is 1. The smallest absolute Gasteiger partial charge is 0.280 e. The van der Waals surface area contributed by atoms with E-state index >= 15 is 0 Å². The van der Waals surface area contributed by atoms with Crippen LogP contribution in [0.4, 0.5) is 0 Å². The van der Waals surface area contributed by atoms with Crippen LogP contribution in [-0.4, -0.2) is 9.66 Å². The van der Waals surface area contributed by atoms with Gasteiger partial charge in [-0.3, -0.25) is 4.79 Å². The minimum Gasteiger partial charge on any atom is -0.488 e. The van der Waals surface area contributed by atoms with Gasteiger partial charge in [0.15, 0.2) is 5.82 Å². The fourth-order valence-electron chi connectivity index (χ4n) is 2.87. The number of halogens is 1. The predicted molar refractivity (Wildman–Crippen MR) is 110 cm³/mol. The fourth-order valence-corrected chi connectivity index (χ4v) is 3.27. The second-order valence-corrected chi connectivity index (χ2v) is 6.90. The molecule has 4 aromatic rings. The lowest BCUT2D eigenvalue weighted by molar-refractivity contribution is 0.304. The van der Waals surface area contributed by atoms with Crippen LogP contribution in [0.25, 0.3) is 22.3 Å². The molecule has 0 fully saturated rings. The van der Waals surface area contributed by atoms with Gasteiger partial charge in [-0.05, 0) is 51.8 Å². The second-order valence-electron chi connectivity index (χ2n) is 6.05. The molecular weight excluding hydrogens is 406 g/mol. The molecule has 0 spiro atoms. The van der Waals surface area contributed by atoms with Gasteiger partial charge >= 0.3 is 0 Å². The molecule has 0 atom stereocenters. The first-order valence-corrected chi connectivity index (χ1v) is 9.16. The summed E-state index contributed by atoms with van der Waals surface area (Å²) < 4.78 is 7.86. The van der Waals surface area contributed by atoms with Crippen LogP contribution in [0.1, 0.15) is 5.56 Å². The highest BCUT2D eigenvalue weighted by Gasteiger charge is 2.11. The number of benzene rings is 3. The third-order valence-corrected chi connectivity index (χ3v) is 4.88. The largest absolute Gasteiger partial charge is 0.488 e. The van der Waals surface area contributed by atoms with E-state index in [1.165, 1.54) is 0 Å². The van der Waals surface area contributed by atoms with E-state index in [-0.39, 0.29) is 5.56 Å². The van der Waals surface area contributed by atoms with E-state index in [1.807, 2.05) is 54.6 Å². The molecule has 0 radical (unpaired) electrons. The molecule has 1 aromatic heterocycles. The lowest BCUT2D eigenvalue weighted by Crippen LogP contribution is -2.29. The van der Waals surface area contributed by atoms with Crippen molar-refractivity contribution in [2.24, 2.45) is 0 Å². The highest BCUT2D eigenvalue weighted by Crippen LogP contribution is 2.25. The number of fused-ring (bicyclic) bond motifs is 1. The van der Waals surface area contributed by atoms with Gasteiger partial charge in [0.05, 0.1) is 15.4 Å². The number of hydrogen-bond donors (Lipinski definition) is 1. The predicted octanol–water partition coefficient (Wildman–Crippen LogP) is 4.12. The maximum Gasteiger partial charge on any atom is 0.280 e. The van der Waals surface area contributed by atoms with E-state index < -0.39 is 0 Å². The number of hydrogen-bond acceptors (Lipinski definition) is 4. The van der Waals surface area contributed by atoms with Gasteiger partial charge in [0.2, 0.25) is 0 Å². The van der Waals surface area contributed by atoms with Crippen molar-refractivity contribution in [2.45, 2.75) is 6.61 Å². The standard InChI is InChI=1S/C21H16BrN3O2/c22-17-9-2-4-11-19(17)27-13-14-6-5-7-15(12-14)20-24-18-10-3-1-8-16(18)21(26)25(20)23/h1-12H,13,23H2. The van der Waals surface area contributed by atoms with Crippen molar-refractivity contribution in [1.29, 1.82) is 0 Å². The first kappa shape index (κ1) is 17.3. The Kier molecular flexibility index (Phi) is 4.64. The average Bonchev–Trinajstić information content (AvgIpc) is 2.70. The molecule has 134 valence electrons. The highest BCUT2D eigenvalue weighted by atomic mass is 79.9. The van der Waals surface area contributed by atoms with Gasteiger partial charge < -0.3 is 10.6 Å². The molecule has 0 saturated carbocycles. The second kappa shape index (κ2) is 7.25. The average molecular weight is 422 g/mol. The number of nitrogens with zero attached hydrogens (tertiary/aromatic N) is 2. The summed E-state index contributed by atoms with van der Waals surface area (Å²) in [4.78, 5) is 17.1. The summed E-state index contributed by atoms with van der Waals surface area (Å²) in [5.41, 5.74) is 2.05. The summed E-state index contributed by atoms with van der Waals surface area (Å²) in [5.74, 6) is 7.20. The number of nitrogen functional groups attached to an aromatic ring is 1. The molecule has 3 aromatic carbocycles. The van der Waals surface area contributed by atoms with Crippen molar-refractivity contribution in [3.05, 3.63) is 93.2 Å². The minimum absolute atomic E-state index is 0.273. The van der Waals surface area contributed by atoms with Gasteiger partial charge in [-0.2, -0.15) is 0 Å². The van der Waals surface area contributed by atoms with Crippen molar-refractivity contribution < 1.29 is 4.74 Å². The summed E-state index contributed by atoms with van der Waals surface area (Å²) in [7, 11) is 0. The fraction of sp³-hybridized carbons (Fsp3) is 0.0476. The number of para-hydroxylation sites is 2. The maximum absolute atomic E-state index is 12.5. The van der Waals surface area contributed by atoms with Gasteiger partial charge in [-0.15, -0.1) is 0 Å². The van der Waals surface area contributed by atoms with E-state index in [4.69, 9.17) is 10.6 Å². The van der Waals surface area contributed by atoms with Crippen LogP contribution < -0.4 is 16.1 Å². The van der Waals surface area contributed by atoms with Crippen molar-refractivity contribution in [2.75, 3.05) is 5.84 Å². The lowest BCUT2D eigenvalue weighted by atomic mass is 10.1. The third-order valence-electron chi connectivity index (χ3n) is 4.22. The zero-order chi connectivity index (χ0) is 18.8. The van der Waals surface area contributed by atoms with E-state index in [2.05, 4.69) is 20.9 Å². The molecular formula is C21H16BrN3O2. The van der Waals surface area contributed by atoms with Crippen molar-refractivity contribution in [1.82, 2.24) is 9.66 Å². The van der Waals surface area contributed by atoms with Crippen molar-refractivity contribution in [3.63, 3.8) is 0 Å². The lowest BCUT2D eigenvalue weighted by Gasteiger charge is -2.11. The van der Waals surface area contributed by atoms with E-state index in [9.17, 15) is 4.79 Å². The Morgan fingerprint density at radius 1 is 1.00 bits per heavy atom. The Balaban J connectivity index is 1.69. The van der Waals surface area contributed by atoms with Crippen LogP contribution in [-0.2, 0) is 6.61 Å². The van der Waals surface area contributed by atoms with Crippen LogP contribution in [0.15, 0.2) is 82.1 Å². The van der Waals surface area contributed by atoms with Gasteiger partial charge in [-0.25, -0.2) is 9.66 Å². The van der Waals surface area contributed by atoms with Crippen LogP contribution in [0.2, 0.25) is 0 Å². The van der Waals surface area contributed by atoms with Gasteiger partial charge in [-0.1, -0.05) is 42.5 Å². The molecule has 0 aliphatic heterocycles. The van der Waals surface area contributed by atoms with E-state index in [0.717, 1.165) is 26.0 Å². The van der Waals surface area contributed by atoms with E-state index in [0.29, 0.717) is 23.3 Å². The molecule has 0 bridgehead atoms. The third kappa shape index (κ3) is 3.44. The van der Waals surface area contributed by atoms with Gasteiger partial charge in [0.25, 0.3) is 5.56 Å². The van der Waals surface area contributed by atoms with Gasteiger partial charge in [0, 0.05) is 5.56 Å². The Bertz CT molecular complexity index is 1190. The number of rotatable bonds is 4. The number of ether oxygens (including phenoxy) is 1. The summed E-state index contributed by atoms with van der Waals surface area (Å²) in [5, 5.41) is 0.497. The van der Waals surface area contributed by atoms with Gasteiger partial charge in [0.1, 0.15) is 12.4 Å². The molecule has 0 unspecified atom stereocenters. The molecule has 1 heterocycles. The Morgan fingerprint density at radius 3 is 2.63 bits per heavy atom. The zero-order valence-corrected chi connectivity index (χ0v) is 15.9. The maximum atomic E-state index is 12.5. The summed E-state index contributed by atoms with van der Waals surface area (Å²) >= 11 is 3.47. The monoisotopic (exact) mass is 421 g/mol. The zero-order valence-electron chi connectivity index (χ0n) is 14.3. The Morgan fingerprint density at radius 2 is 1.78 bits per heavy atom. The SMILES string of the molecule is Nn1c(-c2cccc(COc3ccccc3Br)c2)nc2ccccc2c1=O. The molecule has 5 nitrogen and oxygen atoms in total. The highest BCUT2D eigenvalue weighted by molar-refractivity contribution is 9.10. The molecule has 0 saturated heterocycles. The minimum atomic E-state index is -0.273. The normalized spacial score (nSPS) is 10.9. The molecule has 0 amide bonds. The first-order valence-electron chi connectivity index (χ1n) is 8.37. The molecule has 0 aliphatic rings. The Labute approximate surface area is 164 Å². The van der Waals surface area contributed by atoms with Crippen molar-refractivity contribution in [3.8, 4) is 17.1 Å². The van der Waals surface area contributed by atoms with Crippen molar-refractivity contribution >= 4 is 26.8 Å². The quantitative estimate of drug-likeness (QED) is 0.503. The Hall–Kier alpha value is -3.12. The summed E-state index contributed by atoms with van der Waals surface area (Å²) in [6.07, 6.45) is 0. The van der Waals surface area contributed by atoms with Crippen LogP contribution in [0, 0.1) is 0 Å². The van der Waals surface area contributed by atoms with E-state index in [1.54, 1.807) is 18.2 Å². The first-order chi connectivity index (χ1) is 13.1. The molecule has 27 heavy (non-hydrogen) atoms. The van der Waals surface area contributed by atoms with Crippen LogP contribution in [0.5, 0.6) is 5.75 Å². The molecule has 4 rings (SSSR count). The molecule has 2 N–H and O–H groups in total.